The van der Waals surface area contributed by atoms with E-state index in [4.69, 9.17) is 4.74 Å². The number of nitro benzene ring substituents is 1. The molecule has 7 heteroatoms. The molecule has 0 radical (unpaired) electrons. The molecule has 0 unspecified atom stereocenters. The van der Waals surface area contributed by atoms with Gasteiger partial charge >= 0.3 is 0 Å². The molecular weight excluding hydrogens is 310 g/mol. The van der Waals surface area contributed by atoms with Crippen molar-refractivity contribution in [1.29, 1.82) is 0 Å². The summed E-state index contributed by atoms with van der Waals surface area (Å²) in [5.74, 6) is 0.933. The van der Waals surface area contributed by atoms with E-state index in [-0.39, 0.29) is 17.8 Å². The average Bonchev–Trinajstić information content (AvgIpc) is 2.58. The summed E-state index contributed by atoms with van der Waals surface area (Å²) in [7, 11) is 1.44. The molecule has 0 fully saturated rings. The fraction of sp³-hybridized carbons (Fsp3) is 0.176. The minimum absolute atomic E-state index is 0.0590. The Hall–Kier alpha value is -3.22. The summed E-state index contributed by atoms with van der Waals surface area (Å²) in [5.41, 5.74) is 1.10. The number of ether oxygens (including phenoxy) is 1. The monoisotopic (exact) mass is 325 g/mol. The zero-order valence-electron chi connectivity index (χ0n) is 13.2. The van der Waals surface area contributed by atoms with E-state index in [9.17, 15) is 14.9 Å². The summed E-state index contributed by atoms with van der Waals surface area (Å²) < 4.78 is 6.77. The van der Waals surface area contributed by atoms with Gasteiger partial charge in [0.2, 0.25) is 0 Å². The summed E-state index contributed by atoms with van der Waals surface area (Å²) >= 11 is 0. The fourth-order valence-electron chi connectivity index (χ4n) is 2.61. The van der Waals surface area contributed by atoms with E-state index < -0.39 is 4.92 Å². The molecule has 0 aliphatic heterocycles. The number of nitrogens with zero attached hydrogens (tertiary/aromatic N) is 3. The van der Waals surface area contributed by atoms with Gasteiger partial charge in [-0.15, -0.1) is 0 Å². The molecule has 2 aromatic carbocycles. The summed E-state index contributed by atoms with van der Waals surface area (Å²) in [6.45, 7) is 1.98. The molecule has 0 aliphatic carbocycles. The van der Waals surface area contributed by atoms with Gasteiger partial charge in [-0.05, 0) is 25.1 Å². The van der Waals surface area contributed by atoms with Crippen LogP contribution >= 0.6 is 0 Å². The van der Waals surface area contributed by atoms with Crippen LogP contribution in [0.5, 0.6) is 5.75 Å². The van der Waals surface area contributed by atoms with Crippen molar-refractivity contribution in [2.45, 2.75) is 13.5 Å². The summed E-state index contributed by atoms with van der Waals surface area (Å²) in [6, 6.07) is 11.5. The lowest BCUT2D eigenvalue weighted by Gasteiger charge is -2.13. The topological polar surface area (TPSA) is 87.3 Å². The van der Waals surface area contributed by atoms with Gasteiger partial charge in [0.1, 0.15) is 11.6 Å². The van der Waals surface area contributed by atoms with Gasteiger partial charge in [-0.1, -0.05) is 12.1 Å². The number of aromatic nitrogens is 2. The van der Waals surface area contributed by atoms with Gasteiger partial charge in [0, 0.05) is 11.6 Å². The lowest BCUT2D eigenvalue weighted by atomic mass is 10.1. The first kappa shape index (κ1) is 15.7. The Bertz CT molecular complexity index is 995. The van der Waals surface area contributed by atoms with Crippen molar-refractivity contribution < 1.29 is 9.66 Å². The Kier molecular flexibility index (Phi) is 3.99. The van der Waals surface area contributed by atoms with Crippen molar-refractivity contribution in [2.75, 3.05) is 7.11 Å². The van der Waals surface area contributed by atoms with Gasteiger partial charge < -0.3 is 4.74 Å². The van der Waals surface area contributed by atoms with Crippen LogP contribution in [0.25, 0.3) is 10.9 Å². The van der Waals surface area contributed by atoms with Crippen molar-refractivity contribution in [3.05, 3.63) is 74.3 Å². The smallest absolute Gasteiger partial charge is 0.273 e. The molecule has 0 bridgehead atoms. The van der Waals surface area contributed by atoms with Crippen LogP contribution in [0.15, 0.2) is 47.3 Å². The van der Waals surface area contributed by atoms with Crippen LogP contribution in [0.4, 0.5) is 5.69 Å². The second-order valence-corrected chi connectivity index (χ2v) is 5.32. The first-order chi connectivity index (χ1) is 11.5. The number of methoxy groups -OCH3 is 1. The molecule has 1 aromatic heterocycles. The van der Waals surface area contributed by atoms with Gasteiger partial charge in [0.05, 0.1) is 35.5 Å². The predicted octanol–water partition coefficient (Wildman–Crippen LogP) is 2.67. The van der Waals surface area contributed by atoms with Crippen LogP contribution < -0.4 is 10.3 Å². The normalized spacial score (nSPS) is 10.8. The zero-order valence-corrected chi connectivity index (χ0v) is 13.2. The number of rotatable bonds is 4. The van der Waals surface area contributed by atoms with E-state index in [2.05, 4.69) is 4.98 Å². The first-order valence-corrected chi connectivity index (χ1v) is 7.28. The third kappa shape index (κ3) is 2.71. The highest BCUT2D eigenvalue weighted by Gasteiger charge is 2.14. The molecular formula is C17H15N3O4. The van der Waals surface area contributed by atoms with Gasteiger partial charge in [0.15, 0.2) is 0 Å². The predicted molar refractivity (Wildman–Crippen MR) is 89.5 cm³/mol. The third-order valence-electron chi connectivity index (χ3n) is 3.86. The molecule has 0 atom stereocenters. The number of hydrogen-bond donors (Lipinski definition) is 0. The molecule has 0 aliphatic rings. The minimum atomic E-state index is -0.485. The number of nitro groups is 1. The molecule has 0 amide bonds. The Balaban J connectivity index is 2.10. The number of non-ortho nitro benzene ring substituents is 1. The third-order valence-corrected chi connectivity index (χ3v) is 3.86. The molecule has 24 heavy (non-hydrogen) atoms. The standard InChI is InChI=1S/C17H15N3O4/c1-11-18-15-6-4-3-5-14(15)17(21)19(11)10-12-7-8-13(20(22)23)9-16(12)24-2/h3-9H,10H2,1-2H3. The number of para-hydroxylation sites is 1. The molecule has 3 rings (SSSR count). The Morgan fingerprint density at radius 1 is 1.25 bits per heavy atom. The number of aryl methyl sites for hydroxylation is 1. The van der Waals surface area contributed by atoms with Crippen LogP contribution in [0, 0.1) is 17.0 Å². The van der Waals surface area contributed by atoms with Crippen LogP contribution in [-0.4, -0.2) is 21.6 Å². The second kappa shape index (κ2) is 6.11. The van der Waals surface area contributed by atoms with Gasteiger partial charge in [-0.2, -0.15) is 0 Å². The van der Waals surface area contributed by atoms with E-state index in [1.807, 2.05) is 6.07 Å². The molecule has 0 saturated heterocycles. The number of hydrogen-bond acceptors (Lipinski definition) is 5. The highest BCUT2D eigenvalue weighted by molar-refractivity contribution is 5.77. The highest BCUT2D eigenvalue weighted by atomic mass is 16.6. The van der Waals surface area contributed by atoms with Crippen LogP contribution in [0.1, 0.15) is 11.4 Å². The van der Waals surface area contributed by atoms with Gasteiger partial charge in [0.25, 0.3) is 11.2 Å². The van der Waals surface area contributed by atoms with Crippen molar-refractivity contribution in [3.8, 4) is 5.75 Å². The maximum Gasteiger partial charge on any atom is 0.273 e. The lowest BCUT2D eigenvalue weighted by Crippen LogP contribution is -2.24. The van der Waals surface area contributed by atoms with Crippen LogP contribution in [-0.2, 0) is 6.54 Å². The zero-order chi connectivity index (χ0) is 17.3. The number of fused-ring (bicyclic) bond motifs is 1. The largest absolute Gasteiger partial charge is 0.496 e. The van der Waals surface area contributed by atoms with E-state index >= 15 is 0 Å². The van der Waals surface area contributed by atoms with Gasteiger partial charge in [-0.25, -0.2) is 4.98 Å². The van der Waals surface area contributed by atoms with Crippen LogP contribution in [0.2, 0.25) is 0 Å². The lowest BCUT2D eigenvalue weighted by molar-refractivity contribution is -0.384. The SMILES string of the molecule is COc1cc([N+](=O)[O-])ccc1Cn1c(C)nc2ccccc2c1=O. The van der Waals surface area contributed by atoms with Gasteiger partial charge in [-0.3, -0.25) is 19.5 Å². The van der Waals surface area contributed by atoms with Crippen molar-refractivity contribution in [2.24, 2.45) is 0 Å². The van der Waals surface area contributed by atoms with E-state index in [0.29, 0.717) is 28.0 Å². The summed E-state index contributed by atoms with van der Waals surface area (Å²) in [4.78, 5) is 27.5. The molecule has 0 N–H and O–H groups in total. The second-order valence-electron chi connectivity index (χ2n) is 5.32. The maximum atomic E-state index is 12.7. The molecule has 0 spiro atoms. The summed E-state index contributed by atoms with van der Waals surface area (Å²) in [5, 5.41) is 11.4. The Labute approximate surface area is 137 Å². The Morgan fingerprint density at radius 3 is 2.71 bits per heavy atom. The molecule has 7 nitrogen and oxygen atoms in total. The Morgan fingerprint density at radius 2 is 2.00 bits per heavy atom. The van der Waals surface area contributed by atoms with Crippen molar-refractivity contribution in [1.82, 2.24) is 9.55 Å². The maximum absolute atomic E-state index is 12.7. The molecule has 1 heterocycles. The van der Waals surface area contributed by atoms with Crippen molar-refractivity contribution in [3.63, 3.8) is 0 Å². The molecule has 3 aromatic rings. The van der Waals surface area contributed by atoms with Crippen molar-refractivity contribution >= 4 is 16.6 Å². The fourth-order valence-corrected chi connectivity index (χ4v) is 2.61. The van der Waals surface area contributed by atoms with E-state index in [1.165, 1.54) is 23.8 Å². The van der Waals surface area contributed by atoms with E-state index in [0.717, 1.165) is 0 Å². The van der Waals surface area contributed by atoms with E-state index in [1.54, 1.807) is 31.2 Å². The quantitative estimate of drug-likeness (QED) is 0.543. The highest BCUT2D eigenvalue weighted by Crippen LogP contribution is 2.25. The first-order valence-electron chi connectivity index (χ1n) is 7.28. The summed E-state index contributed by atoms with van der Waals surface area (Å²) in [6.07, 6.45) is 0. The average molecular weight is 325 g/mol. The molecule has 0 saturated carbocycles. The van der Waals surface area contributed by atoms with Crippen LogP contribution in [0.3, 0.4) is 0 Å². The molecule has 122 valence electrons. The minimum Gasteiger partial charge on any atom is -0.496 e. The number of benzene rings is 2.